The molecule has 0 atom stereocenters. The number of aryl methyl sites for hydroxylation is 2. The summed E-state index contributed by atoms with van der Waals surface area (Å²) in [6, 6.07) is 10.6. The van der Waals surface area contributed by atoms with Gasteiger partial charge in [-0.25, -0.2) is 0 Å². The van der Waals surface area contributed by atoms with Crippen molar-refractivity contribution in [2.45, 2.75) is 72.1 Å². The van der Waals surface area contributed by atoms with E-state index in [0.717, 1.165) is 18.8 Å². The van der Waals surface area contributed by atoms with Crippen LogP contribution in [0.25, 0.3) is 0 Å². The van der Waals surface area contributed by atoms with Crippen molar-refractivity contribution in [3.05, 3.63) is 52.9 Å². The summed E-state index contributed by atoms with van der Waals surface area (Å²) in [4.78, 5) is 12.8. The Morgan fingerprint density at radius 2 is 1.85 bits per heavy atom. The highest BCUT2D eigenvalue weighted by Gasteiger charge is 2.36. The van der Waals surface area contributed by atoms with Crippen LogP contribution in [-0.2, 0) is 11.8 Å². The number of rotatable bonds is 5. The molecule has 1 N–H and O–H groups in total. The molecule has 4 nitrogen and oxygen atoms in total. The molecule has 2 aromatic rings. The minimum absolute atomic E-state index is 0.0286. The van der Waals surface area contributed by atoms with E-state index in [2.05, 4.69) is 47.7 Å². The molecule has 0 spiro atoms. The van der Waals surface area contributed by atoms with Crippen molar-refractivity contribution in [3.8, 4) is 0 Å². The summed E-state index contributed by atoms with van der Waals surface area (Å²) in [5.74, 6) is 1.37. The fraction of sp³-hybridized carbons (Fsp3) is 0.565. The SMILES string of the molecule is CC.CCc1onc(C)c1C(=O)NCC1(c2ccccc2)CCC(C)CC1. The fourth-order valence-electron chi connectivity index (χ4n) is 3.96. The summed E-state index contributed by atoms with van der Waals surface area (Å²) >= 11 is 0. The minimum Gasteiger partial charge on any atom is -0.360 e. The molecule has 0 saturated heterocycles. The topological polar surface area (TPSA) is 55.1 Å². The van der Waals surface area contributed by atoms with E-state index in [4.69, 9.17) is 4.52 Å². The highest BCUT2D eigenvalue weighted by atomic mass is 16.5. The fourth-order valence-corrected chi connectivity index (χ4v) is 3.96. The largest absolute Gasteiger partial charge is 0.360 e. The molecule has 4 heteroatoms. The highest BCUT2D eigenvalue weighted by molar-refractivity contribution is 5.96. The zero-order valence-electron chi connectivity index (χ0n) is 17.5. The summed E-state index contributed by atoms with van der Waals surface area (Å²) in [7, 11) is 0. The summed E-state index contributed by atoms with van der Waals surface area (Å²) < 4.78 is 5.27. The number of aromatic nitrogens is 1. The second-order valence-electron chi connectivity index (χ2n) is 7.43. The van der Waals surface area contributed by atoms with Crippen LogP contribution in [0, 0.1) is 12.8 Å². The third kappa shape index (κ3) is 4.79. The van der Waals surface area contributed by atoms with E-state index in [1.54, 1.807) is 0 Å². The minimum atomic E-state index is -0.0653. The molecule has 1 aromatic heterocycles. The Bertz CT molecular complexity index is 713. The van der Waals surface area contributed by atoms with E-state index in [1.165, 1.54) is 18.4 Å². The maximum atomic E-state index is 12.8. The third-order valence-electron chi connectivity index (χ3n) is 5.69. The van der Waals surface area contributed by atoms with E-state index in [9.17, 15) is 4.79 Å². The monoisotopic (exact) mass is 370 g/mol. The summed E-state index contributed by atoms with van der Waals surface area (Å²) in [6.45, 7) is 10.8. The van der Waals surface area contributed by atoms with Crippen LogP contribution in [0.5, 0.6) is 0 Å². The Morgan fingerprint density at radius 3 is 2.44 bits per heavy atom. The lowest BCUT2D eigenvalue weighted by molar-refractivity contribution is 0.0931. The molecule has 1 aromatic carbocycles. The first-order valence-corrected chi connectivity index (χ1v) is 10.3. The van der Waals surface area contributed by atoms with Crippen LogP contribution in [0.4, 0.5) is 0 Å². The molecule has 0 aliphatic heterocycles. The Balaban J connectivity index is 0.00000126. The van der Waals surface area contributed by atoms with Gasteiger partial charge < -0.3 is 9.84 Å². The predicted octanol–water partition coefficient (Wildman–Crippen LogP) is 5.45. The van der Waals surface area contributed by atoms with Crippen molar-refractivity contribution in [1.82, 2.24) is 10.5 Å². The summed E-state index contributed by atoms with van der Waals surface area (Å²) in [5.41, 5.74) is 2.64. The van der Waals surface area contributed by atoms with Crippen LogP contribution in [-0.4, -0.2) is 17.6 Å². The molecular weight excluding hydrogens is 336 g/mol. The lowest BCUT2D eigenvalue weighted by Crippen LogP contribution is -2.43. The van der Waals surface area contributed by atoms with Gasteiger partial charge in [0.2, 0.25) is 0 Å². The van der Waals surface area contributed by atoms with Crippen LogP contribution >= 0.6 is 0 Å². The number of hydrogen-bond acceptors (Lipinski definition) is 3. The summed E-state index contributed by atoms with van der Waals surface area (Å²) in [5, 5.41) is 7.14. The molecule has 3 rings (SSSR count). The average Bonchev–Trinajstić information content (AvgIpc) is 3.10. The Kier molecular flexibility index (Phi) is 7.64. The number of benzene rings is 1. The van der Waals surface area contributed by atoms with Gasteiger partial charge in [0.25, 0.3) is 5.91 Å². The van der Waals surface area contributed by atoms with Crippen molar-refractivity contribution in [3.63, 3.8) is 0 Å². The maximum Gasteiger partial charge on any atom is 0.256 e. The van der Waals surface area contributed by atoms with Crippen molar-refractivity contribution >= 4 is 5.91 Å². The number of nitrogens with one attached hydrogen (secondary N) is 1. The summed E-state index contributed by atoms with van der Waals surface area (Å²) in [6.07, 6.45) is 5.31. The number of hydrogen-bond donors (Lipinski definition) is 1. The Hall–Kier alpha value is -2.10. The van der Waals surface area contributed by atoms with Crippen LogP contribution in [0.2, 0.25) is 0 Å². The van der Waals surface area contributed by atoms with Crippen molar-refractivity contribution in [2.24, 2.45) is 5.92 Å². The van der Waals surface area contributed by atoms with E-state index in [0.29, 0.717) is 30.0 Å². The van der Waals surface area contributed by atoms with Crippen molar-refractivity contribution in [2.75, 3.05) is 6.54 Å². The molecule has 1 fully saturated rings. The van der Waals surface area contributed by atoms with Gasteiger partial charge in [-0.2, -0.15) is 0 Å². The Labute approximate surface area is 163 Å². The second kappa shape index (κ2) is 9.72. The van der Waals surface area contributed by atoms with Crippen LogP contribution in [0.3, 0.4) is 0 Å². The predicted molar refractivity (Wildman–Crippen MR) is 110 cm³/mol. The maximum absolute atomic E-state index is 12.8. The van der Waals surface area contributed by atoms with Crippen molar-refractivity contribution in [1.29, 1.82) is 0 Å². The molecule has 1 aliphatic carbocycles. The molecule has 148 valence electrons. The molecule has 1 saturated carbocycles. The zero-order valence-corrected chi connectivity index (χ0v) is 17.5. The quantitative estimate of drug-likeness (QED) is 0.761. The lowest BCUT2D eigenvalue weighted by Gasteiger charge is -2.40. The second-order valence-corrected chi connectivity index (χ2v) is 7.43. The van der Waals surface area contributed by atoms with Gasteiger partial charge in [-0.15, -0.1) is 0 Å². The molecule has 1 heterocycles. The van der Waals surface area contributed by atoms with Gasteiger partial charge in [0, 0.05) is 18.4 Å². The molecular formula is C23H34N2O2. The van der Waals surface area contributed by atoms with E-state index >= 15 is 0 Å². The number of carbonyl (C=O) groups excluding carboxylic acids is 1. The van der Waals surface area contributed by atoms with Crippen molar-refractivity contribution < 1.29 is 9.32 Å². The van der Waals surface area contributed by atoms with Gasteiger partial charge in [0.15, 0.2) is 0 Å². The molecule has 0 unspecified atom stereocenters. The normalized spacial score (nSPS) is 21.9. The Morgan fingerprint density at radius 1 is 1.22 bits per heavy atom. The van der Waals surface area contributed by atoms with Gasteiger partial charge in [-0.05, 0) is 44.1 Å². The number of carbonyl (C=O) groups is 1. The first kappa shape index (κ1) is 21.2. The molecule has 0 bridgehead atoms. The molecule has 1 amide bonds. The lowest BCUT2D eigenvalue weighted by atomic mass is 9.67. The molecule has 27 heavy (non-hydrogen) atoms. The zero-order chi connectivity index (χ0) is 19.9. The first-order chi connectivity index (χ1) is 13.1. The average molecular weight is 371 g/mol. The van der Waals surface area contributed by atoms with Crippen LogP contribution in [0.1, 0.15) is 80.8 Å². The smallest absolute Gasteiger partial charge is 0.256 e. The molecule has 0 radical (unpaired) electrons. The van der Waals surface area contributed by atoms with Gasteiger partial charge in [-0.3, -0.25) is 4.79 Å². The standard InChI is InChI=1S/C21H28N2O2.C2H6/c1-4-18-19(16(3)23-25-18)20(24)22-14-21(12-10-15(2)11-13-21)17-8-6-5-7-9-17;1-2/h5-9,15H,4,10-14H2,1-3H3,(H,22,24);1-2H3. The molecule has 1 aliphatic rings. The third-order valence-corrected chi connectivity index (χ3v) is 5.69. The van der Waals surface area contributed by atoms with Gasteiger partial charge in [0.1, 0.15) is 11.3 Å². The number of amides is 1. The van der Waals surface area contributed by atoms with Gasteiger partial charge in [-0.1, -0.05) is 63.2 Å². The van der Waals surface area contributed by atoms with Crippen LogP contribution < -0.4 is 5.32 Å². The van der Waals surface area contributed by atoms with Crippen LogP contribution in [0.15, 0.2) is 34.9 Å². The highest BCUT2D eigenvalue weighted by Crippen LogP contribution is 2.41. The van der Waals surface area contributed by atoms with E-state index in [1.807, 2.05) is 27.7 Å². The number of nitrogens with zero attached hydrogens (tertiary/aromatic N) is 1. The van der Waals surface area contributed by atoms with Gasteiger partial charge >= 0.3 is 0 Å². The van der Waals surface area contributed by atoms with E-state index < -0.39 is 0 Å². The first-order valence-electron chi connectivity index (χ1n) is 10.3. The van der Waals surface area contributed by atoms with E-state index in [-0.39, 0.29) is 11.3 Å². The van der Waals surface area contributed by atoms with Gasteiger partial charge in [0.05, 0.1) is 5.69 Å².